The molecule has 2 aromatic rings. The van der Waals surface area contributed by atoms with Crippen LogP contribution >= 0.6 is 0 Å². The molecule has 2 rings (SSSR count). The van der Waals surface area contributed by atoms with Crippen LogP contribution in [0.1, 0.15) is 10.4 Å². The summed E-state index contributed by atoms with van der Waals surface area (Å²) in [6.07, 6.45) is 0. The smallest absolute Gasteiger partial charge is 0.293 e. The number of anilines is 1. The Kier molecular flexibility index (Phi) is 4.69. The summed E-state index contributed by atoms with van der Waals surface area (Å²) in [6.45, 7) is 0. The van der Waals surface area contributed by atoms with E-state index in [9.17, 15) is 23.3 Å². The zero-order valence-corrected chi connectivity index (χ0v) is 13.2. The minimum atomic E-state index is -4.26. The number of hydrogen-bond acceptors (Lipinski definition) is 6. The molecule has 126 valence electrons. The molecule has 0 fully saturated rings. The molecule has 10 heteroatoms. The summed E-state index contributed by atoms with van der Waals surface area (Å²) in [5, 5.41) is 11.1. The predicted molar refractivity (Wildman–Crippen MR) is 85.4 cm³/mol. The van der Waals surface area contributed by atoms with Gasteiger partial charge in [0.15, 0.2) is 4.90 Å². The molecular weight excluding hydrogens is 338 g/mol. The number of nitro groups is 1. The van der Waals surface area contributed by atoms with Crippen molar-refractivity contribution >= 4 is 27.3 Å². The maximum absolute atomic E-state index is 12.4. The maximum atomic E-state index is 12.4. The summed E-state index contributed by atoms with van der Waals surface area (Å²) in [6, 6.07) is 8.83. The Morgan fingerprint density at radius 3 is 2.54 bits per heavy atom. The van der Waals surface area contributed by atoms with Crippen LogP contribution in [0.4, 0.5) is 11.4 Å². The zero-order valence-electron chi connectivity index (χ0n) is 12.4. The maximum Gasteiger partial charge on any atom is 0.293 e. The highest BCUT2D eigenvalue weighted by Gasteiger charge is 2.26. The normalized spacial score (nSPS) is 10.9. The van der Waals surface area contributed by atoms with Gasteiger partial charge in [-0.3, -0.25) is 19.6 Å². The number of benzene rings is 2. The van der Waals surface area contributed by atoms with Crippen molar-refractivity contribution < 1.29 is 22.9 Å². The number of nitrogens with zero attached hydrogens (tertiary/aromatic N) is 1. The van der Waals surface area contributed by atoms with E-state index < -0.39 is 31.4 Å². The molecule has 0 aliphatic rings. The monoisotopic (exact) mass is 351 g/mol. The van der Waals surface area contributed by atoms with Gasteiger partial charge in [-0.25, -0.2) is 8.42 Å². The lowest BCUT2D eigenvalue weighted by atomic mass is 10.2. The van der Waals surface area contributed by atoms with Crippen LogP contribution < -0.4 is 15.2 Å². The molecule has 0 atom stereocenters. The lowest BCUT2D eigenvalue weighted by Gasteiger charge is -2.10. The number of amides is 1. The van der Waals surface area contributed by atoms with Crippen molar-refractivity contribution in [3.05, 3.63) is 58.1 Å². The second-order valence-corrected chi connectivity index (χ2v) is 6.29. The zero-order chi connectivity index (χ0) is 17.9. The number of nitrogens with one attached hydrogen (secondary N) is 1. The number of carbonyl (C=O) groups is 1. The molecule has 0 saturated heterocycles. The van der Waals surface area contributed by atoms with Crippen LogP contribution in [0, 0.1) is 10.1 Å². The number of sulfonamides is 1. The van der Waals surface area contributed by atoms with Crippen molar-refractivity contribution in [2.75, 3.05) is 11.8 Å². The van der Waals surface area contributed by atoms with Crippen molar-refractivity contribution in [1.29, 1.82) is 0 Å². The highest BCUT2D eigenvalue weighted by molar-refractivity contribution is 7.92. The molecule has 0 spiro atoms. The molecule has 0 radical (unpaired) electrons. The second kappa shape index (κ2) is 6.54. The van der Waals surface area contributed by atoms with E-state index in [2.05, 4.69) is 4.72 Å². The summed E-state index contributed by atoms with van der Waals surface area (Å²) in [4.78, 5) is 20.9. The van der Waals surface area contributed by atoms with Gasteiger partial charge in [0.2, 0.25) is 5.91 Å². The molecule has 3 N–H and O–H groups in total. The van der Waals surface area contributed by atoms with Crippen LogP contribution in [-0.4, -0.2) is 26.4 Å². The molecule has 1 amide bonds. The minimum absolute atomic E-state index is 0.0522. The standard InChI is InChI=1S/C14H13N3O6S/c1-23-11-5-6-13(12(8-11)17(19)20)24(21,22)16-10-4-2-3-9(7-10)14(15)18/h2-8,16H,1H3,(H2,15,18). The van der Waals surface area contributed by atoms with Gasteiger partial charge < -0.3 is 10.5 Å². The van der Waals surface area contributed by atoms with E-state index in [-0.39, 0.29) is 17.0 Å². The van der Waals surface area contributed by atoms with Crippen molar-refractivity contribution in [3.8, 4) is 5.75 Å². The van der Waals surface area contributed by atoms with Gasteiger partial charge in [0.1, 0.15) is 5.75 Å². The van der Waals surface area contributed by atoms with E-state index in [4.69, 9.17) is 10.5 Å². The Morgan fingerprint density at radius 2 is 1.96 bits per heavy atom. The van der Waals surface area contributed by atoms with Gasteiger partial charge >= 0.3 is 0 Å². The van der Waals surface area contributed by atoms with Gasteiger partial charge in [-0.2, -0.15) is 0 Å². The van der Waals surface area contributed by atoms with Crippen LogP contribution in [0.25, 0.3) is 0 Å². The van der Waals surface area contributed by atoms with Gasteiger partial charge in [-0.1, -0.05) is 6.07 Å². The van der Waals surface area contributed by atoms with Crippen LogP contribution in [0.5, 0.6) is 5.75 Å². The first kappa shape index (κ1) is 17.2. The van der Waals surface area contributed by atoms with Crippen LogP contribution in [0.3, 0.4) is 0 Å². The minimum Gasteiger partial charge on any atom is -0.497 e. The first-order chi connectivity index (χ1) is 11.2. The van der Waals surface area contributed by atoms with E-state index >= 15 is 0 Å². The van der Waals surface area contributed by atoms with Gasteiger partial charge in [0, 0.05) is 11.3 Å². The van der Waals surface area contributed by atoms with Crippen molar-refractivity contribution in [2.45, 2.75) is 4.90 Å². The fourth-order valence-corrected chi connectivity index (χ4v) is 3.14. The highest BCUT2D eigenvalue weighted by atomic mass is 32.2. The third kappa shape index (κ3) is 3.60. The van der Waals surface area contributed by atoms with Crippen LogP contribution in [0.2, 0.25) is 0 Å². The third-order valence-corrected chi connectivity index (χ3v) is 4.48. The molecule has 0 aliphatic carbocycles. The number of nitro benzene ring substituents is 1. The molecule has 24 heavy (non-hydrogen) atoms. The number of carbonyl (C=O) groups excluding carboxylic acids is 1. The Balaban J connectivity index is 2.46. The summed E-state index contributed by atoms with van der Waals surface area (Å²) in [5.74, 6) is -0.581. The number of nitrogens with two attached hydrogens (primary N) is 1. The van der Waals surface area contributed by atoms with E-state index in [1.54, 1.807) is 0 Å². The molecule has 0 aromatic heterocycles. The Bertz CT molecular complexity index is 910. The van der Waals surface area contributed by atoms with Crippen molar-refractivity contribution in [2.24, 2.45) is 5.73 Å². The SMILES string of the molecule is COc1ccc(S(=O)(=O)Nc2cccc(C(N)=O)c2)c([N+](=O)[O-])c1. The Hall–Kier alpha value is -3.14. The quantitative estimate of drug-likeness (QED) is 0.596. The van der Waals surface area contributed by atoms with E-state index in [0.717, 1.165) is 12.1 Å². The average Bonchev–Trinajstić information content (AvgIpc) is 2.53. The van der Waals surface area contributed by atoms with E-state index in [0.29, 0.717) is 0 Å². The first-order valence-corrected chi connectivity index (χ1v) is 7.98. The Labute approximate surface area is 137 Å². The number of methoxy groups -OCH3 is 1. The van der Waals surface area contributed by atoms with Gasteiger partial charge in [-0.05, 0) is 30.3 Å². The molecular formula is C14H13N3O6S. The van der Waals surface area contributed by atoms with E-state index in [1.165, 1.54) is 37.4 Å². The molecule has 9 nitrogen and oxygen atoms in total. The predicted octanol–water partition coefficient (Wildman–Crippen LogP) is 1.50. The molecule has 2 aromatic carbocycles. The Morgan fingerprint density at radius 1 is 1.25 bits per heavy atom. The van der Waals surface area contributed by atoms with Crippen molar-refractivity contribution in [1.82, 2.24) is 0 Å². The lowest BCUT2D eigenvalue weighted by molar-refractivity contribution is -0.387. The van der Waals surface area contributed by atoms with Gasteiger partial charge in [0.05, 0.1) is 18.1 Å². The summed E-state index contributed by atoms with van der Waals surface area (Å²) in [7, 11) is -2.95. The first-order valence-electron chi connectivity index (χ1n) is 6.49. The number of ether oxygens (including phenoxy) is 1. The highest BCUT2D eigenvalue weighted by Crippen LogP contribution is 2.29. The summed E-state index contributed by atoms with van der Waals surface area (Å²) < 4.78 is 31.9. The molecule has 0 heterocycles. The van der Waals surface area contributed by atoms with Crippen LogP contribution in [-0.2, 0) is 10.0 Å². The largest absolute Gasteiger partial charge is 0.497 e. The topological polar surface area (TPSA) is 142 Å². The summed E-state index contributed by atoms with van der Waals surface area (Å²) in [5.41, 5.74) is 4.65. The third-order valence-electron chi connectivity index (χ3n) is 3.05. The lowest BCUT2D eigenvalue weighted by Crippen LogP contribution is -2.16. The average molecular weight is 351 g/mol. The fourth-order valence-electron chi connectivity index (χ4n) is 1.94. The van der Waals surface area contributed by atoms with Gasteiger partial charge in [-0.15, -0.1) is 0 Å². The van der Waals surface area contributed by atoms with E-state index in [1.807, 2.05) is 0 Å². The second-order valence-electron chi connectivity index (χ2n) is 4.64. The number of hydrogen-bond donors (Lipinski definition) is 2. The van der Waals surface area contributed by atoms with Crippen molar-refractivity contribution in [3.63, 3.8) is 0 Å². The number of rotatable bonds is 6. The molecule has 0 aliphatic heterocycles. The van der Waals surface area contributed by atoms with Crippen LogP contribution in [0.15, 0.2) is 47.4 Å². The summed E-state index contributed by atoms with van der Waals surface area (Å²) >= 11 is 0. The molecule has 0 unspecified atom stereocenters. The fraction of sp³-hybridized carbons (Fsp3) is 0.0714. The van der Waals surface area contributed by atoms with Gasteiger partial charge in [0.25, 0.3) is 15.7 Å². The molecule has 0 bridgehead atoms. The number of primary amides is 1. The molecule has 0 saturated carbocycles.